The summed E-state index contributed by atoms with van der Waals surface area (Å²) in [5, 5.41) is 3.82. The number of rotatable bonds is 4. The van der Waals surface area contributed by atoms with Crippen LogP contribution >= 0.6 is 0 Å². The van der Waals surface area contributed by atoms with Crippen molar-refractivity contribution in [2.45, 2.75) is 25.3 Å². The maximum atomic E-state index is 4.68. The second-order valence-electron chi connectivity index (χ2n) is 8.90. The highest BCUT2D eigenvalue weighted by Gasteiger charge is 2.37. The lowest BCUT2D eigenvalue weighted by Crippen LogP contribution is -2.29. The van der Waals surface area contributed by atoms with Gasteiger partial charge in [0.1, 0.15) is 0 Å². The smallest absolute Gasteiger partial charge is 0.0630 e. The third kappa shape index (κ3) is 3.88. The maximum Gasteiger partial charge on any atom is 0.0630 e. The fraction of sp³-hybridized carbons (Fsp3) is 0.250. The van der Waals surface area contributed by atoms with E-state index in [4.69, 9.17) is 0 Å². The zero-order chi connectivity index (χ0) is 21.4. The highest BCUT2D eigenvalue weighted by molar-refractivity contribution is 5.82. The van der Waals surface area contributed by atoms with E-state index >= 15 is 0 Å². The number of aryl methyl sites for hydroxylation is 1. The minimum Gasteiger partial charge on any atom is -0.378 e. The lowest BCUT2D eigenvalue weighted by molar-refractivity contribution is 0.425. The van der Waals surface area contributed by atoms with Gasteiger partial charge in [-0.1, -0.05) is 54.1 Å². The number of anilines is 2. The lowest BCUT2D eigenvalue weighted by atomic mass is 9.76. The Morgan fingerprint density at radius 3 is 2.48 bits per heavy atom. The summed E-state index contributed by atoms with van der Waals surface area (Å²) < 4.78 is 0. The van der Waals surface area contributed by atoms with Crippen molar-refractivity contribution in [3.05, 3.63) is 101 Å². The van der Waals surface area contributed by atoms with Gasteiger partial charge in [-0.15, -0.1) is 0 Å². The van der Waals surface area contributed by atoms with Gasteiger partial charge in [-0.3, -0.25) is 4.99 Å². The fourth-order valence-corrected chi connectivity index (χ4v) is 4.82. The molecule has 1 heterocycles. The summed E-state index contributed by atoms with van der Waals surface area (Å²) in [4.78, 5) is 6.78. The van der Waals surface area contributed by atoms with Gasteiger partial charge in [0.2, 0.25) is 0 Å². The van der Waals surface area contributed by atoms with Gasteiger partial charge in [0.15, 0.2) is 0 Å². The zero-order valence-corrected chi connectivity index (χ0v) is 18.4. The van der Waals surface area contributed by atoms with Crippen LogP contribution in [0.5, 0.6) is 0 Å². The van der Waals surface area contributed by atoms with Crippen LogP contribution in [-0.4, -0.2) is 20.3 Å². The van der Waals surface area contributed by atoms with Crippen LogP contribution in [-0.2, 0) is 0 Å². The van der Waals surface area contributed by atoms with Gasteiger partial charge in [0, 0.05) is 37.6 Å². The van der Waals surface area contributed by atoms with E-state index in [2.05, 4.69) is 115 Å². The van der Waals surface area contributed by atoms with Gasteiger partial charge in [0.25, 0.3) is 0 Å². The van der Waals surface area contributed by atoms with Crippen molar-refractivity contribution < 1.29 is 0 Å². The largest absolute Gasteiger partial charge is 0.378 e. The zero-order valence-electron chi connectivity index (χ0n) is 18.4. The molecule has 0 bridgehead atoms. The molecule has 3 aromatic carbocycles. The van der Waals surface area contributed by atoms with Crippen LogP contribution < -0.4 is 10.2 Å². The lowest BCUT2D eigenvalue weighted by Gasteiger charge is -2.37. The number of allylic oxidation sites excluding steroid dienone is 2. The van der Waals surface area contributed by atoms with Gasteiger partial charge in [-0.05, 0) is 66.3 Å². The minimum atomic E-state index is 0.326. The highest BCUT2D eigenvalue weighted by Crippen LogP contribution is 2.50. The summed E-state index contributed by atoms with van der Waals surface area (Å²) in [5.41, 5.74) is 8.65. The number of hydrogen-bond donors (Lipinski definition) is 1. The number of aliphatic imine (C=N–C) groups is 1. The molecular formula is C28H29N3. The Kier molecular flexibility index (Phi) is 5.11. The number of nitrogens with zero attached hydrogens (tertiary/aromatic N) is 2. The molecule has 0 unspecified atom stereocenters. The summed E-state index contributed by atoms with van der Waals surface area (Å²) in [5.74, 6) is 1.07. The van der Waals surface area contributed by atoms with Crippen molar-refractivity contribution in [2.75, 3.05) is 24.3 Å². The molecule has 3 atom stereocenters. The van der Waals surface area contributed by atoms with Crippen molar-refractivity contribution in [3.63, 3.8) is 0 Å². The SMILES string of the molecule is Cc1ccc2c(c1)[C@H]1C=CC[C@H]1[C@H](c1ccc(N=Cc3ccc(N(C)C)cc3)cc1)N2. The maximum absolute atomic E-state index is 4.68. The summed E-state index contributed by atoms with van der Waals surface area (Å²) in [6, 6.07) is 24.3. The van der Waals surface area contributed by atoms with E-state index in [1.54, 1.807) is 0 Å². The van der Waals surface area contributed by atoms with Crippen LogP contribution in [0.1, 0.15) is 40.6 Å². The molecule has 0 saturated carbocycles. The number of hydrogen-bond acceptors (Lipinski definition) is 3. The van der Waals surface area contributed by atoms with E-state index in [0.29, 0.717) is 17.9 Å². The van der Waals surface area contributed by atoms with E-state index in [-0.39, 0.29) is 0 Å². The molecule has 2 aliphatic rings. The molecule has 31 heavy (non-hydrogen) atoms. The Bertz CT molecular complexity index is 1120. The second kappa shape index (κ2) is 8.07. The molecule has 3 heteroatoms. The number of fused-ring (bicyclic) bond motifs is 3. The van der Waals surface area contributed by atoms with Gasteiger partial charge >= 0.3 is 0 Å². The molecule has 0 fully saturated rings. The first-order valence-electron chi connectivity index (χ1n) is 11.0. The normalized spacial score (nSPS) is 21.6. The molecule has 0 saturated heterocycles. The van der Waals surface area contributed by atoms with E-state index in [1.807, 2.05) is 6.21 Å². The predicted molar refractivity (Wildman–Crippen MR) is 132 cm³/mol. The molecule has 5 rings (SSSR count). The number of benzene rings is 3. The second-order valence-corrected chi connectivity index (χ2v) is 8.90. The summed E-state index contributed by atoms with van der Waals surface area (Å²) >= 11 is 0. The molecule has 1 aliphatic carbocycles. The van der Waals surface area contributed by atoms with Gasteiger partial charge < -0.3 is 10.2 Å². The molecule has 0 aromatic heterocycles. The minimum absolute atomic E-state index is 0.326. The van der Waals surface area contributed by atoms with Crippen LogP contribution in [0.2, 0.25) is 0 Å². The Labute approximate surface area is 185 Å². The van der Waals surface area contributed by atoms with E-state index in [0.717, 1.165) is 17.7 Å². The van der Waals surface area contributed by atoms with Crippen LogP contribution in [0.3, 0.4) is 0 Å². The Hall–Kier alpha value is -3.33. The summed E-state index contributed by atoms with van der Waals surface area (Å²) in [7, 11) is 4.10. The molecular weight excluding hydrogens is 378 g/mol. The monoisotopic (exact) mass is 407 g/mol. The number of nitrogens with one attached hydrogen (secondary N) is 1. The van der Waals surface area contributed by atoms with Crippen molar-refractivity contribution in [1.29, 1.82) is 0 Å². The van der Waals surface area contributed by atoms with Crippen LogP contribution in [0.4, 0.5) is 17.1 Å². The first-order valence-corrected chi connectivity index (χ1v) is 11.0. The molecule has 0 amide bonds. The van der Waals surface area contributed by atoms with E-state index < -0.39 is 0 Å². The Morgan fingerprint density at radius 2 is 1.74 bits per heavy atom. The standard InChI is InChI=1S/C28H29N3/c1-19-7-16-27-26(17-19)24-5-4-6-25(24)28(30-27)21-10-12-22(13-11-21)29-18-20-8-14-23(15-9-20)31(2)3/h4-5,7-18,24-25,28,30H,6H2,1-3H3/t24-,25+,28-/m0/s1. The van der Waals surface area contributed by atoms with E-state index in [9.17, 15) is 0 Å². The Balaban J connectivity index is 1.34. The van der Waals surface area contributed by atoms with Gasteiger partial charge in [0.05, 0.1) is 11.7 Å². The van der Waals surface area contributed by atoms with Crippen LogP contribution in [0.15, 0.2) is 83.9 Å². The molecule has 3 nitrogen and oxygen atoms in total. The molecule has 0 spiro atoms. The van der Waals surface area contributed by atoms with Crippen molar-refractivity contribution in [2.24, 2.45) is 10.9 Å². The van der Waals surface area contributed by atoms with Gasteiger partial charge in [-0.25, -0.2) is 0 Å². The quantitative estimate of drug-likeness (QED) is 0.388. The Morgan fingerprint density at radius 1 is 0.968 bits per heavy atom. The first kappa shape index (κ1) is 19.6. The summed E-state index contributed by atoms with van der Waals surface area (Å²) in [6.07, 6.45) is 7.81. The van der Waals surface area contributed by atoms with Crippen LogP contribution in [0, 0.1) is 12.8 Å². The molecule has 1 aliphatic heterocycles. The average Bonchev–Trinajstić information content (AvgIpc) is 3.28. The summed E-state index contributed by atoms with van der Waals surface area (Å²) in [6.45, 7) is 2.18. The predicted octanol–water partition coefficient (Wildman–Crippen LogP) is 6.64. The third-order valence-corrected chi connectivity index (χ3v) is 6.54. The van der Waals surface area contributed by atoms with Crippen molar-refractivity contribution in [1.82, 2.24) is 0 Å². The highest BCUT2D eigenvalue weighted by atomic mass is 15.1. The van der Waals surface area contributed by atoms with E-state index in [1.165, 1.54) is 28.1 Å². The molecule has 156 valence electrons. The molecule has 3 aromatic rings. The topological polar surface area (TPSA) is 27.6 Å². The third-order valence-electron chi connectivity index (χ3n) is 6.54. The molecule has 0 radical (unpaired) electrons. The average molecular weight is 408 g/mol. The molecule has 1 N–H and O–H groups in total. The fourth-order valence-electron chi connectivity index (χ4n) is 4.82. The van der Waals surface area contributed by atoms with Crippen molar-refractivity contribution in [3.8, 4) is 0 Å². The van der Waals surface area contributed by atoms with Gasteiger partial charge in [-0.2, -0.15) is 0 Å². The first-order chi connectivity index (χ1) is 15.1. The van der Waals surface area contributed by atoms with Crippen molar-refractivity contribution >= 4 is 23.3 Å². The van der Waals surface area contributed by atoms with Crippen LogP contribution in [0.25, 0.3) is 0 Å².